The van der Waals surface area contributed by atoms with Crippen LogP contribution in [0.4, 0.5) is 5.95 Å². The Kier molecular flexibility index (Phi) is 6.12. The van der Waals surface area contributed by atoms with Crippen molar-refractivity contribution in [2.75, 3.05) is 24.6 Å². The quantitative estimate of drug-likeness (QED) is 0.826. The van der Waals surface area contributed by atoms with Crippen LogP contribution >= 0.6 is 0 Å². The summed E-state index contributed by atoms with van der Waals surface area (Å²) in [6.45, 7) is 5.61. The molecule has 0 aliphatic carbocycles. The molecular formula is C16H26N4O2. The van der Waals surface area contributed by atoms with Gasteiger partial charge in [0.2, 0.25) is 11.9 Å². The minimum atomic E-state index is -0.166. The summed E-state index contributed by atoms with van der Waals surface area (Å²) < 4.78 is 0. The van der Waals surface area contributed by atoms with Gasteiger partial charge in [-0.15, -0.1) is 0 Å². The number of aliphatic hydroxyl groups is 1. The third-order valence-electron chi connectivity index (χ3n) is 4.48. The molecule has 1 aromatic rings. The van der Waals surface area contributed by atoms with Crippen molar-refractivity contribution in [3.05, 3.63) is 18.5 Å². The van der Waals surface area contributed by atoms with Crippen molar-refractivity contribution >= 4 is 11.9 Å². The number of piperidine rings is 1. The third kappa shape index (κ3) is 4.16. The van der Waals surface area contributed by atoms with E-state index < -0.39 is 0 Å². The first-order chi connectivity index (χ1) is 10.7. The molecule has 1 aromatic heterocycles. The van der Waals surface area contributed by atoms with E-state index in [1.807, 2.05) is 6.92 Å². The van der Waals surface area contributed by atoms with Crippen LogP contribution in [0.3, 0.4) is 0 Å². The van der Waals surface area contributed by atoms with E-state index in [-0.39, 0.29) is 30.4 Å². The lowest BCUT2D eigenvalue weighted by atomic mass is 9.95. The number of hydrogen-bond acceptors (Lipinski definition) is 5. The lowest BCUT2D eigenvalue weighted by molar-refractivity contribution is -0.126. The Morgan fingerprint density at radius 1 is 1.50 bits per heavy atom. The maximum Gasteiger partial charge on any atom is 0.225 e. The van der Waals surface area contributed by atoms with Crippen LogP contribution in [0.15, 0.2) is 18.5 Å². The zero-order valence-electron chi connectivity index (χ0n) is 13.4. The zero-order valence-corrected chi connectivity index (χ0v) is 13.4. The van der Waals surface area contributed by atoms with E-state index in [1.165, 1.54) is 0 Å². The Balaban J connectivity index is 1.95. The van der Waals surface area contributed by atoms with Gasteiger partial charge in [-0.3, -0.25) is 4.79 Å². The van der Waals surface area contributed by atoms with E-state index in [1.54, 1.807) is 18.5 Å². The number of nitrogens with zero attached hydrogens (tertiary/aromatic N) is 3. The molecule has 122 valence electrons. The van der Waals surface area contributed by atoms with Gasteiger partial charge >= 0.3 is 0 Å². The summed E-state index contributed by atoms with van der Waals surface area (Å²) in [6, 6.07) is 1.62. The van der Waals surface area contributed by atoms with E-state index in [2.05, 4.69) is 27.1 Å². The molecule has 2 heterocycles. The second kappa shape index (κ2) is 8.08. The fourth-order valence-corrected chi connectivity index (χ4v) is 2.78. The van der Waals surface area contributed by atoms with Crippen LogP contribution in [0.25, 0.3) is 0 Å². The molecule has 22 heavy (non-hydrogen) atoms. The highest BCUT2D eigenvalue weighted by atomic mass is 16.3. The van der Waals surface area contributed by atoms with E-state index in [9.17, 15) is 9.90 Å². The minimum Gasteiger partial charge on any atom is -0.394 e. The van der Waals surface area contributed by atoms with E-state index in [0.29, 0.717) is 12.5 Å². The van der Waals surface area contributed by atoms with E-state index in [0.717, 1.165) is 25.8 Å². The highest BCUT2D eigenvalue weighted by molar-refractivity contribution is 5.79. The fraction of sp³-hybridized carbons (Fsp3) is 0.688. The molecule has 1 aliphatic rings. The first-order valence-electron chi connectivity index (χ1n) is 8.08. The van der Waals surface area contributed by atoms with Crippen molar-refractivity contribution in [1.29, 1.82) is 0 Å². The van der Waals surface area contributed by atoms with Gasteiger partial charge in [0, 0.05) is 25.5 Å². The first kappa shape index (κ1) is 16.7. The van der Waals surface area contributed by atoms with Gasteiger partial charge in [0.15, 0.2) is 0 Å². The molecule has 0 bridgehead atoms. The fourth-order valence-electron chi connectivity index (χ4n) is 2.78. The maximum atomic E-state index is 12.5. The molecule has 1 amide bonds. The topological polar surface area (TPSA) is 78.4 Å². The molecule has 2 rings (SSSR count). The number of amides is 1. The van der Waals surface area contributed by atoms with Gasteiger partial charge in [-0.05, 0) is 24.8 Å². The van der Waals surface area contributed by atoms with E-state index in [4.69, 9.17) is 0 Å². The summed E-state index contributed by atoms with van der Waals surface area (Å²) in [4.78, 5) is 23.1. The largest absolute Gasteiger partial charge is 0.394 e. The summed E-state index contributed by atoms with van der Waals surface area (Å²) in [5.74, 6) is 0.905. The number of aliphatic hydroxyl groups excluding tert-OH is 1. The molecule has 0 spiro atoms. The number of hydrogen-bond donors (Lipinski definition) is 2. The van der Waals surface area contributed by atoms with Gasteiger partial charge in [-0.25, -0.2) is 9.97 Å². The van der Waals surface area contributed by atoms with E-state index >= 15 is 0 Å². The molecule has 1 fully saturated rings. The number of carbonyl (C=O) groups is 1. The summed E-state index contributed by atoms with van der Waals surface area (Å²) in [5, 5.41) is 12.5. The molecule has 0 aromatic carbocycles. The molecule has 0 saturated carbocycles. The average molecular weight is 306 g/mol. The van der Waals surface area contributed by atoms with Crippen molar-refractivity contribution in [2.24, 2.45) is 11.8 Å². The number of nitrogens with one attached hydrogen (secondary N) is 1. The molecule has 6 nitrogen and oxygen atoms in total. The number of anilines is 1. The average Bonchev–Trinajstić information content (AvgIpc) is 2.59. The van der Waals surface area contributed by atoms with Crippen molar-refractivity contribution < 1.29 is 9.90 Å². The Bertz CT molecular complexity index is 468. The third-order valence-corrected chi connectivity index (χ3v) is 4.48. The summed E-state index contributed by atoms with van der Waals surface area (Å²) in [5.41, 5.74) is 0. The summed E-state index contributed by atoms with van der Waals surface area (Å²) >= 11 is 0. The van der Waals surface area contributed by atoms with Gasteiger partial charge in [0.25, 0.3) is 0 Å². The molecule has 0 unspecified atom stereocenters. The predicted molar refractivity (Wildman–Crippen MR) is 85.4 cm³/mol. The maximum absolute atomic E-state index is 12.5. The van der Waals surface area contributed by atoms with Gasteiger partial charge in [0.1, 0.15) is 0 Å². The molecule has 3 atom stereocenters. The normalized spacial score (nSPS) is 21.2. The van der Waals surface area contributed by atoms with Crippen molar-refractivity contribution in [3.8, 4) is 0 Å². The summed E-state index contributed by atoms with van der Waals surface area (Å²) in [7, 11) is 0. The van der Waals surface area contributed by atoms with Gasteiger partial charge in [0.05, 0.1) is 18.6 Å². The minimum absolute atomic E-state index is 0.0149. The van der Waals surface area contributed by atoms with Crippen LogP contribution < -0.4 is 10.2 Å². The summed E-state index contributed by atoms with van der Waals surface area (Å²) in [6.07, 6.45) is 6.19. The van der Waals surface area contributed by atoms with Crippen LogP contribution in [-0.4, -0.2) is 46.7 Å². The highest BCUT2D eigenvalue weighted by Gasteiger charge is 2.29. The second-order valence-corrected chi connectivity index (χ2v) is 6.02. The smallest absolute Gasteiger partial charge is 0.225 e. The number of aromatic nitrogens is 2. The van der Waals surface area contributed by atoms with Gasteiger partial charge in [-0.1, -0.05) is 20.3 Å². The zero-order chi connectivity index (χ0) is 15.9. The monoisotopic (exact) mass is 306 g/mol. The SMILES string of the molecule is CC[C@H](C)[C@H](CO)NC(=O)[C@H]1CCCN(c2ncccn2)C1. The first-order valence-corrected chi connectivity index (χ1v) is 8.08. The highest BCUT2D eigenvalue weighted by Crippen LogP contribution is 2.20. The lowest BCUT2D eigenvalue weighted by Crippen LogP contribution is -2.49. The van der Waals surface area contributed by atoms with Crippen LogP contribution in [0.2, 0.25) is 0 Å². The molecule has 0 radical (unpaired) electrons. The van der Waals surface area contributed by atoms with Gasteiger partial charge in [-0.2, -0.15) is 0 Å². The van der Waals surface area contributed by atoms with Crippen LogP contribution in [-0.2, 0) is 4.79 Å². The molecule has 2 N–H and O–H groups in total. The predicted octanol–water partition coefficient (Wildman–Crippen LogP) is 1.22. The van der Waals surface area contributed by atoms with Crippen LogP contribution in [0.5, 0.6) is 0 Å². The van der Waals surface area contributed by atoms with Crippen LogP contribution in [0, 0.1) is 11.8 Å². The van der Waals surface area contributed by atoms with Gasteiger partial charge < -0.3 is 15.3 Å². The lowest BCUT2D eigenvalue weighted by Gasteiger charge is -2.33. The Morgan fingerprint density at radius 2 is 2.23 bits per heavy atom. The second-order valence-electron chi connectivity index (χ2n) is 6.02. The van der Waals surface area contributed by atoms with Crippen LogP contribution in [0.1, 0.15) is 33.1 Å². The van der Waals surface area contributed by atoms with Crippen molar-refractivity contribution in [2.45, 2.75) is 39.2 Å². The molecule has 1 aliphatic heterocycles. The van der Waals surface area contributed by atoms with Crippen molar-refractivity contribution in [3.63, 3.8) is 0 Å². The Morgan fingerprint density at radius 3 is 2.86 bits per heavy atom. The molecule has 6 heteroatoms. The Hall–Kier alpha value is -1.69. The van der Waals surface area contributed by atoms with Crippen molar-refractivity contribution in [1.82, 2.24) is 15.3 Å². The number of carbonyl (C=O) groups excluding carboxylic acids is 1. The number of rotatable bonds is 6. The Labute approximate surface area is 132 Å². The molecular weight excluding hydrogens is 280 g/mol. The molecule has 1 saturated heterocycles. The standard InChI is InChI=1S/C16H26N4O2/c1-3-12(2)14(11-21)19-15(22)13-6-4-9-20(10-13)16-17-7-5-8-18-16/h5,7-8,12-14,21H,3-4,6,9-11H2,1-2H3,(H,19,22)/t12-,13-,14-/m0/s1.